The van der Waals surface area contributed by atoms with Gasteiger partial charge in [0.05, 0.1) is 5.69 Å². The summed E-state index contributed by atoms with van der Waals surface area (Å²) < 4.78 is 0.887. The molecule has 0 aliphatic carbocycles. The lowest BCUT2D eigenvalue weighted by atomic mass is 10.2. The van der Waals surface area contributed by atoms with Gasteiger partial charge in [-0.15, -0.1) is 0 Å². The van der Waals surface area contributed by atoms with E-state index in [2.05, 4.69) is 21.2 Å². The Hall–Kier alpha value is -2.40. The Morgan fingerprint density at radius 2 is 1.62 bits per heavy atom. The molecule has 0 radical (unpaired) electrons. The monoisotopic (exact) mass is 342 g/mol. The van der Waals surface area contributed by atoms with Crippen LogP contribution in [0.1, 0.15) is 5.56 Å². The van der Waals surface area contributed by atoms with E-state index in [1.165, 1.54) is 0 Å². The van der Waals surface area contributed by atoms with Crippen molar-refractivity contribution in [3.63, 3.8) is 0 Å². The first-order chi connectivity index (χ1) is 10.1. The number of nitrogens with zero attached hydrogens (tertiary/aromatic N) is 1. The molecule has 1 fully saturated rings. The van der Waals surface area contributed by atoms with Gasteiger partial charge in [-0.25, -0.2) is 9.69 Å². The number of amides is 3. The highest BCUT2D eigenvalue weighted by molar-refractivity contribution is 9.10. The lowest BCUT2D eigenvalue weighted by molar-refractivity contribution is -0.113. The largest absolute Gasteiger partial charge is 0.333 e. The number of carbonyl (C=O) groups excluding carboxylic acids is 2. The van der Waals surface area contributed by atoms with Gasteiger partial charge in [0, 0.05) is 4.47 Å². The summed E-state index contributed by atoms with van der Waals surface area (Å²) in [5, 5.41) is 2.60. The number of carbonyl (C=O) groups is 2. The molecule has 21 heavy (non-hydrogen) atoms. The van der Waals surface area contributed by atoms with Crippen LogP contribution in [0, 0.1) is 0 Å². The van der Waals surface area contributed by atoms with Gasteiger partial charge in [0.25, 0.3) is 5.91 Å². The van der Waals surface area contributed by atoms with Gasteiger partial charge in [0.15, 0.2) is 0 Å². The van der Waals surface area contributed by atoms with Crippen LogP contribution >= 0.6 is 15.9 Å². The normalized spacial score (nSPS) is 16.4. The second kappa shape index (κ2) is 5.54. The van der Waals surface area contributed by atoms with Crippen LogP contribution < -0.4 is 10.2 Å². The van der Waals surface area contributed by atoms with Crippen LogP contribution in [-0.4, -0.2) is 11.9 Å². The van der Waals surface area contributed by atoms with E-state index in [9.17, 15) is 9.59 Å². The average Bonchev–Trinajstić information content (AvgIpc) is 2.76. The fourth-order valence-electron chi connectivity index (χ4n) is 2.08. The maximum atomic E-state index is 12.4. The van der Waals surface area contributed by atoms with E-state index >= 15 is 0 Å². The van der Waals surface area contributed by atoms with Crippen LogP contribution in [0.5, 0.6) is 0 Å². The molecule has 0 unspecified atom stereocenters. The summed E-state index contributed by atoms with van der Waals surface area (Å²) in [6, 6.07) is 15.9. The number of halogens is 1. The summed E-state index contributed by atoms with van der Waals surface area (Å²) in [7, 11) is 0. The number of hydrogen-bond acceptors (Lipinski definition) is 2. The lowest BCUT2D eigenvalue weighted by Gasteiger charge is -2.11. The highest BCUT2D eigenvalue weighted by atomic mass is 79.9. The van der Waals surface area contributed by atoms with Crippen molar-refractivity contribution in [3.05, 3.63) is 70.3 Å². The van der Waals surface area contributed by atoms with Crippen molar-refractivity contribution in [2.75, 3.05) is 4.90 Å². The van der Waals surface area contributed by atoms with Gasteiger partial charge in [0.1, 0.15) is 5.70 Å². The molecule has 3 amide bonds. The van der Waals surface area contributed by atoms with Gasteiger partial charge in [-0.05, 0) is 35.9 Å². The Labute approximate surface area is 130 Å². The lowest BCUT2D eigenvalue weighted by Crippen LogP contribution is -2.30. The molecule has 1 N–H and O–H groups in total. The quantitative estimate of drug-likeness (QED) is 0.670. The fraction of sp³-hybridized carbons (Fsp3) is 0. The van der Waals surface area contributed by atoms with E-state index in [-0.39, 0.29) is 11.6 Å². The Morgan fingerprint density at radius 3 is 2.29 bits per heavy atom. The molecular weight excluding hydrogens is 332 g/mol. The van der Waals surface area contributed by atoms with Gasteiger partial charge in [0.2, 0.25) is 0 Å². The van der Waals surface area contributed by atoms with Crippen molar-refractivity contribution in [2.24, 2.45) is 0 Å². The molecule has 1 heterocycles. The highest BCUT2D eigenvalue weighted by Crippen LogP contribution is 2.23. The Kier molecular flexibility index (Phi) is 3.58. The molecule has 0 bridgehead atoms. The molecule has 2 aromatic rings. The second-order valence-corrected chi connectivity index (χ2v) is 5.43. The molecule has 1 saturated heterocycles. The van der Waals surface area contributed by atoms with Crippen molar-refractivity contribution in [1.29, 1.82) is 0 Å². The van der Waals surface area contributed by atoms with Gasteiger partial charge < -0.3 is 5.32 Å². The van der Waals surface area contributed by atoms with E-state index in [1.807, 2.05) is 30.3 Å². The van der Waals surface area contributed by atoms with E-state index in [1.54, 1.807) is 30.3 Å². The molecule has 2 aromatic carbocycles. The molecule has 3 rings (SSSR count). The SMILES string of the molecule is O=C1N/C(=C\c2ccccc2)C(=O)N1c1ccc(Br)cc1. The molecular formula is C16H11BrN2O2. The van der Waals surface area contributed by atoms with E-state index in [0.29, 0.717) is 5.69 Å². The van der Waals surface area contributed by atoms with Crippen LogP contribution in [0.2, 0.25) is 0 Å². The van der Waals surface area contributed by atoms with Crippen molar-refractivity contribution >= 4 is 39.6 Å². The number of benzene rings is 2. The van der Waals surface area contributed by atoms with Gasteiger partial charge in [-0.1, -0.05) is 46.3 Å². The molecule has 0 saturated carbocycles. The highest BCUT2D eigenvalue weighted by Gasteiger charge is 2.34. The first kappa shape index (κ1) is 13.6. The Bertz CT molecular complexity index is 724. The summed E-state index contributed by atoms with van der Waals surface area (Å²) >= 11 is 3.32. The summed E-state index contributed by atoms with van der Waals surface area (Å²) in [5.74, 6) is -0.355. The van der Waals surface area contributed by atoms with Gasteiger partial charge in [-0.3, -0.25) is 4.79 Å². The molecule has 5 heteroatoms. The van der Waals surface area contributed by atoms with Crippen molar-refractivity contribution in [1.82, 2.24) is 5.32 Å². The minimum Gasteiger partial charge on any atom is -0.302 e. The third kappa shape index (κ3) is 2.73. The maximum Gasteiger partial charge on any atom is 0.333 e. The van der Waals surface area contributed by atoms with Crippen LogP contribution in [0.15, 0.2) is 64.8 Å². The Morgan fingerprint density at radius 1 is 0.952 bits per heavy atom. The Balaban J connectivity index is 1.92. The third-order valence-electron chi connectivity index (χ3n) is 3.07. The summed E-state index contributed by atoms with van der Waals surface area (Å²) in [6.45, 7) is 0. The number of rotatable bonds is 2. The molecule has 1 aliphatic heterocycles. The smallest absolute Gasteiger partial charge is 0.302 e. The fourth-order valence-corrected chi connectivity index (χ4v) is 2.34. The molecule has 0 spiro atoms. The topological polar surface area (TPSA) is 49.4 Å². The molecule has 104 valence electrons. The predicted molar refractivity (Wildman–Crippen MR) is 84.6 cm³/mol. The zero-order valence-electron chi connectivity index (χ0n) is 10.9. The number of urea groups is 1. The van der Waals surface area contributed by atoms with Gasteiger partial charge in [-0.2, -0.15) is 0 Å². The first-order valence-electron chi connectivity index (χ1n) is 6.33. The third-order valence-corrected chi connectivity index (χ3v) is 3.60. The summed E-state index contributed by atoms with van der Waals surface area (Å²) in [5.41, 5.74) is 1.67. The number of anilines is 1. The zero-order chi connectivity index (χ0) is 14.8. The van der Waals surface area contributed by atoms with Crippen LogP contribution in [-0.2, 0) is 4.79 Å². The minimum atomic E-state index is -0.440. The predicted octanol–water partition coefficient (Wildman–Crippen LogP) is 3.55. The average molecular weight is 343 g/mol. The standard InChI is InChI=1S/C16H11BrN2O2/c17-12-6-8-13(9-7-12)19-15(20)14(18-16(19)21)10-11-4-2-1-3-5-11/h1-10H,(H,18,21)/b14-10-. The van der Waals surface area contributed by atoms with E-state index < -0.39 is 6.03 Å². The molecule has 0 atom stereocenters. The zero-order valence-corrected chi connectivity index (χ0v) is 12.5. The van der Waals surface area contributed by atoms with Crippen molar-refractivity contribution < 1.29 is 9.59 Å². The van der Waals surface area contributed by atoms with E-state index in [4.69, 9.17) is 0 Å². The van der Waals surface area contributed by atoms with Crippen LogP contribution in [0.25, 0.3) is 6.08 Å². The molecule has 0 aromatic heterocycles. The summed E-state index contributed by atoms with van der Waals surface area (Å²) in [6.07, 6.45) is 1.67. The second-order valence-electron chi connectivity index (χ2n) is 4.52. The van der Waals surface area contributed by atoms with Crippen LogP contribution in [0.3, 0.4) is 0 Å². The van der Waals surface area contributed by atoms with Crippen molar-refractivity contribution in [3.8, 4) is 0 Å². The first-order valence-corrected chi connectivity index (χ1v) is 7.12. The maximum absolute atomic E-state index is 12.4. The number of imide groups is 1. The molecule has 4 nitrogen and oxygen atoms in total. The minimum absolute atomic E-state index is 0.272. The number of hydrogen-bond donors (Lipinski definition) is 1. The van der Waals surface area contributed by atoms with E-state index in [0.717, 1.165) is 14.9 Å². The number of nitrogens with one attached hydrogen (secondary N) is 1. The van der Waals surface area contributed by atoms with Crippen molar-refractivity contribution in [2.45, 2.75) is 0 Å². The van der Waals surface area contributed by atoms with Gasteiger partial charge >= 0.3 is 6.03 Å². The van der Waals surface area contributed by atoms with Crippen LogP contribution in [0.4, 0.5) is 10.5 Å². The summed E-state index contributed by atoms with van der Waals surface area (Å²) in [4.78, 5) is 25.5. The molecule has 1 aliphatic rings.